The number of carbonyl (C=O) groups is 1. The molecule has 0 spiro atoms. The van der Waals surface area contributed by atoms with E-state index < -0.39 is 0 Å². The van der Waals surface area contributed by atoms with E-state index in [4.69, 9.17) is 27.9 Å². The molecule has 1 aromatic carbocycles. The Morgan fingerprint density at radius 1 is 1.25 bits per heavy atom. The highest BCUT2D eigenvalue weighted by Gasteiger charge is 2.36. The summed E-state index contributed by atoms with van der Waals surface area (Å²) in [5.41, 5.74) is 5.34. The lowest BCUT2D eigenvalue weighted by molar-refractivity contribution is 0.0292. The zero-order valence-electron chi connectivity index (χ0n) is 18.1. The highest BCUT2D eigenvalue weighted by atomic mass is 35.5. The molecule has 1 saturated heterocycles. The van der Waals surface area contributed by atoms with E-state index in [1.165, 1.54) is 0 Å². The van der Waals surface area contributed by atoms with Gasteiger partial charge in [-0.2, -0.15) is 0 Å². The summed E-state index contributed by atoms with van der Waals surface area (Å²) >= 11 is 13.4. The van der Waals surface area contributed by atoms with Gasteiger partial charge in [-0.25, -0.2) is 0 Å². The van der Waals surface area contributed by atoms with Crippen molar-refractivity contribution in [3.05, 3.63) is 71.6 Å². The summed E-state index contributed by atoms with van der Waals surface area (Å²) in [7, 11) is 1.65. The van der Waals surface area contributed by atoms with E-state index >= 15 is 0 Å². The number of rotatable bonds is 5. The second kappa shape index (κ2) is 8.34. The Hall–Kier alpha value is -2.12. The Labute approximate surface area is 196 Å². The zero-order chi connectivity index (χ0) is 22.6. The summed E-state index contributed by atoms with van der Waals surface area (Å²) in [6.07, 6.45) is 5.17. The second-order valence-corrected chi connectivity index (χ2v) is 9.51. The van der Waals surface area contributed by atoms with Crippen LogP contribution in [0.5, 0.6) is 0 Å². The number of pyridine rings is 1. The molecule has 8 heteroatoms. The average Bonchev–Trinajstić information content (AvgIpc) is 3.22. The van der Waals surface area contributed by atoms with Crippen molar-refractivity contribution in [3.8, 4) is 0 Å². The Morgan fingerprint density at radius 3 is 2.72 bits per heavy atom. The van der Waals surface area contributed by atoms with E-state index in [9.17, 15) is 9.59 Å². The minimum absolute atomic E-state index is 0.152. The lowest BCUT2D eigenvalue weighted by Crippen LogP contribution is -2.46. The van der Waals surface area contributed by atoms with Crippen LogP contribution in [0.25, 0.3) is 6.08 Å². The van der Waals surface area contributed by atoms with Gasteiger partial charge in [0.25, 0.3) is 11.5 Å². The minimum atomic E-state index is -0.233. The van der Waals surface area contributed by atoms with Crippen LogP contribution in [-0.4, -0.2) is 42.5 Å². The smallest absolute Gasteiger partial charge is 0.256 e. The molecule has 3 heterocycles. The minimum Gasteiger partial charge on any atom is -0.376 e. The number of halogens is 2. The van der Waals surface area contributed by atoms with Gasteiger partial charge in [-0.15, -0.1) is 0 Å². The molecule has 1 amide bonds. The standard InChI is InChI=1S/C24H25Cl2N3O3/c1-12-14-4-3-5-15(14)18(23(30)28-12)11-29-7-6-16-19(25)8-17(21(26)20(16)24(29)31)22(32-2)13-9-27-10-13/h3,5,8,13,22,27H,4,6-7,9-11H2,1-2H3,(H,28,30). The van der Waals surface area contributed by atoms with Crippen LogP contribution < -0.4 is 10.9 Å². The van der Waals surface area contributed by atoms with Gasteiger partial charge in [0.1, 0.15) is 0 Å². The SMILES string of the molecule is COC(c1cc(Cl)c2c(c1Cl)C(=O)N(Cc1c3c(c(C)[nH]c1=O)CC=C3)CC2)C1CNC1. The highest BCUT2D eigenvalue weighted by Crippen LogP contribution is 2.41. The lowest BCUT2D eigenvalue weighted by Gasteiger charge is -2.36. The number of aromatic amines is 1. The van der Waals surface area contributed by atoms with Gasteiger partial charge in [0.05, 0.1) is 23.2 Å². The van der Waals surface area contributed by atoms with Gasteiger partial charge in [-0.3, -0.25) is 9.59 Å². The molecular formula is C24H25Cl2N3O3. The summed E-state index contributed by atoms with van der Waals surface area (Å²) in [5.74, 6) is 0.0826. The predicted octanol–water partition coefficient (Wildman–Crippen LogP) is 3.66. The van der Waals surface area contributed by atoms with Gasteiger partial charge in [0.15, 0.2) is 0 Å². The van der Waals surface area contributed by atoms with E-state index in [2.05, 4.69) is 10.3 Å². The van der Waals surface area contributed by atoms with Crippen LogP contribution in [-0.2, 0) is 24.1 Å². The first kappa shape index (κ1) is 21.7. The largest absolute Gasteiger partial charge is 0.376 e. The number of aryl methyl sites for hydroxylation is 1. The van der Waals surface area contributed by atoms with Crippen LogP contribution >= 0.6 is 23.2 Å². The average molecular weight is 474 g/mol. The van der Waals surface area contributed by atoms with Crippen molar-refractivity contribution in [2.45, 2.75) is 32.4 Å². The van der Waals surface area contributed by atoms with E-state index in [-0.39, 0.29) is 30.0 Å². The van der Waals surface area contributed by atoms with Gasteiger partial charge >= 0.3 is 0 Å². The third kappa shape index (κ3) is 3.41. The van der Waals surface area contributed by atoms with Crippen LogP contribution in [0.15, 0.2) is 16.9 Å². The number of aromatic nitrogens is 1. The molecule has 1 aliphatic carbocycles. The van der Waals surface area contributed by atoms with Gasteiger partial charge in [-0.1, -0.05) is 35.4 Å². The van der Waals surface area contributed by atoms with Gasteiger partial charge in [-0.05, 0) is 42.5 Å². The van der Waals surface area contributed by atoms with E-state index in [1.807, 2.05) is 25.1 Å². The van der Waals surface area contributed by atoms with Crippen molar-refractivity contribution in [3.63, 3.8) is 0 Å². The Morgan fingerprint density at radius 2 is 2.03 bits per heavy atom. The number of fused-ring (bicyclic) bond motifs is 2. The number of H-pyrrole nitrogens is 1. The monoisotopic (exact) mass is 473 g/mol. The van der Waals surface area contributed by atoms with Gasteiger partial charge < -0.3 is 19.9 Å². The number of methoxy groups -OCH3 is 1. The van der Waals surface area contributed by atoms with Gasteiger partial charge in [0, 0.05) is 54.5 Å². The molecule has 1 aromatic heterocycles. The molecule has 0 saturated carbocycles. The number of amides is 1. The van der Waals surface area contributed by atoms with Gasteiger partial charge in [0.2, 0.25) is 0 Å². The Kier molecular flexibility index (Phi) is 5.66. The molecule has 168 valence electrons. The molecule has 2 aromatic rings. The number of hydrogen-bond donors (Lipinski definition) is 2. The maximum Gasteiger partial charge on any atom is 0.256 e. The number of nitrogens with one attached hydrogen (secondary N) is 2. The van der Waals surface area contributed by atoms with Crippen molar-refractivity contribution >= 4 is 35.2 Å². The van der Waals surface area contributed by atoms with Crippen molar-refractivity contribution in [2.75, 3.05) is 26.7 Å². The molecule has 2 aliphatic heterocycles. The fourth-order valence-electron chi connectivity index (χ4n) is 5.05. The molecule has 32 heavy (non-hydrogen) atoms. The molecule has 5 rings (SSSR count). The summed E-state index contributed by atoms with van der Waals surface area (Å²) in [4.78, 5) is 31.0. The van der Waals surface area contributed by atoms with Crippen LogP contribution in [0, 0.1) is 12.8 Å². The fraction of sp³-hybridized carbons (Fsp3) is 0.417. The Balaban J connectivity index is 1.52. The maximum absolute atomic E-state index is 13.6. The molecule has 0 radical (unpaired) electrons. The molecular weight excluding hydrogens is 449 g/mol. The molecule has 2 N–H and O–H groups in total. The molecule has 3 aliphatic rings. The molecule has 1 fully saturated rings. The number of ether oxygens (including phenoxy) is 1. The fourth-order valence-corrected chi connectivity index (χ4v) is 5.71. The first-order valence-corrected chi connectivity index (χ1v) is 11.6. The third-order valence-corrected chi connectivity index (χ3v) is 7.66. The molecule has 1 unspecified atom stereocenters. The summed E-state index contributed by atoms with van der Waals surface area (Å²) in [6.45, 7) is 4.29. The summed E-state index contributed by atoms with van der Waals surface area (Å²) in [5, 5.41) is 4.19. The summed E-state index contributed by atoms with van der Waals surface area (Å²) in [6, 6.07) is 1.85. The van der Waals surface area contributed by atoms with E-state index in [1.54, 1.807) is 12.0 Å². The third-order valence-electron chi connectivity index (χ3n) is 6.91. The lowest BCUT2D eigenvalue weighted by atomic mass is 9.87. The number of benzene rings is 1. The highest BCUT2D eigenvalue weighted by molar-refractivity contribution is 6.37. The van der Waals surface area contributed by atoms with Crippen LogP contribution in [0.3, 0.4) is 0 Å². The zero-order valence-corrected chi connectivity index (χ0v) is 19.6. The normalized spacial score (nSPS) is 18.5. The van der Waals surface area contributed by atoms with Crippen molar-refractivity contribution in [1.29, 1.82) is 0 Å². The quantitative estimate of drug-likeness (QED) is 0.694. The van der Waals surface area contributed by atoms with Crippen LogP contribution in [0.2, 0.25) is 10.0 Å². The number of nitrogens with zero attached hydrogens (tertiary/aromatic N) is 1. The number of hydrogen-bond acceptors (Lipinski definition) is 4. The van der Waals surface area contributed by atoms with Crippen LogP contribution in [0.1, 0.15) is 50.0 Å². The van der Waals surface area contributed by atoms with Crippen molar-refractivity contribution < 1.29 is 9.53 Å². The number of carbonyl (C=O) groups excluding carboxylic acids is 1. The summed E-state index contributed by atoms with van der Waals surface area (Å²) < 4.78 is 5.74. The first-order chi connectivity index (χ1) is 15.4. The molecule has 6 nitrogen and oxygen atoms in total. The van der Waals surface area contributed by atoms with Crippen molar-refractivity contribution in [2.24, 2.45) is 5.92 Å². The number of allylic oxidation sites excluding steroid dienone is 1. The van der Waals surface area contributed by atoms with E-state index in [0.29, 0.717) is 34.1 Å². The van der Waals surface area contributed by atoms with Crippen LogP contribution in [0.4, 0.5) is 0 Å². The van der Waals surface area contributed by atoms with Crippen molar-refractivity contribution in [1.82, 2.24) is 15.2 Å². The topological polar surface area (TPSA) is 74.4 Å². The molecule has 1 atom stereocenters. The first-order valence-electron chi connectivity index (χ1n) is 10.9. The molecule has 0 bridgehead atoms. The maximum atomic E-state index is 13.6. The predicted molar refractivity (Wildman–Crippen MR) is 126 cm³/mol. The van der Waals surface area contributed by atoms with E-state index in [0.717, 1.165) is 47.5 Å². The second-order valence-electron chi connectivity index (χ2n) is 8.72. The Bertz CT molecular complexity index is 1200.